The second-order valence-electron chi connectivity index (χ2n) is 3.33. The highest BCUT2D eigenvalue weighted by atomic mass is 14.1. The first-order valence-electron chi connectivity index (χ1n) is 5.05. The van der Waals surface area contributed by atoms with Gasteiger partial charge in [0.25, 0.3) is 0 Å². The Hall–Kier alpha value is -0.520. The highest BCUT2D eigenvalue weighted by Crippen LogP contribution is 2.24. The fourth-order valence-electron chi connectivity index (χ4n) is 1.60. The zero-order chi connectivity index (χ0) is 9.23. The molecule has 0 aromatic carbocycles. The summed E-state index contributed by atoms with van der Waals surface area (Å²) in [6, 6.07) is 0. The van der Waals surface area contributed by atoms with Gasteiger partial charge in [0.1, 0.15) is 0 Å². The molecule has 0 nitrogen and oxygen atoms in total. The predicted molar refractivity (Wildman–Crippen MR) is 57.3 cm³/mol. The SMILES string of the molecule is C=CC.CC=CC1CCCCC1. The van der Waals surface area contributed by atoms with Crippen LogP contribution in [0, 0.1) is 5.92 Å². The van der Waals surface area contributed by atoms with Gasteiger partial charge in [-0.1, -0.05) is 37.5 Å². The maximum atomic E-state index is 3.36. The van der Waals surface area contributed by atoms with Crippen LogP contribution in [-0.4, -0.2) is 0 Å². The van der Waals surface area contributed by atoms with Crippen molar-refractivity contribution < 1.29 is 0 Å². The van der Waals surface area contributed by atoms with Crippen LogP contribution in [0.2, 0.25) is 0 Å². The van der Waals surface area contributed by atoms with Gasteiger partial charge in [-0.15, -0.1) is 6.58 Å². The summed E-state index contributed by atoms with van der Waals surface area (Å²) in [5.41, 5.74) is 0. The van der Waals surface area contributed by atoms with Crippen molar-refractivity contribution in [1.82, 2.24) is 0 Å². The molecular formula is C12H22. The average Bonchev–Trinajstić information content (AvgIpc) is 2.08. The summed E-state index contributed by atoms with van der Waals surface area (Å²) in [7, 11) is 0. The molecule has 1 aliphatic carbocycles. The smallest absolute Gasteiger partial charge is 0.0234 e. The van der Waals surface area contributed by atoms with Crippen LogP contribution in [0.1, 0.15) is 46.0 Å². The van der Waals surface area contributed by atoms with Crippen LogP contribution in [0.15, 0.2) is 24.8 Å². The number of rotatable bonds is 1. The van der Waals surface area contributed by atoms with Gasteiger partial charge in [0, 0.05) is 0 Å². The molecular weight excluding hydrogens is 144 g/mol. The minimum atomic E-state index is 0.920. The van der Waals surface area contributed by atoms with Crippen LogP contribution in [0.3, 0.4) is 0 Å². The third-order valence-electron chi connectivity index (χ3n) is 2.11. The standard InChI is InChI=1S/C9H16.C3H6/c1-2-6-9-7-4-3-5-8-9;1-3-2/h2,6,9H,3-5,7-8H2,1H3;3H,1H2,2H3. The summed E-state index contributed by atoms with van der Waals surface area (Å²) in [5, 5.41) is 0. The molecule has 0 aromatic rings. The van der Waals surface area contributed by atoms with E-state index in [0.717, 1.165) is 5.92 Å². The molecule has 1 rings (SSSR count). The van der Waals surface area contributed by atoms with Crippen molar-refractivity contribution in [2.45, 2.75) is 46.0 Å². The van der Waals surface area contributed by atoms with Crippen LogP contribution < -0.4 is 0 Å². The Morgan fingerprint density at radius 2 is 1.58 bits per heavy atom. The van der Waals surface area contributed by atoms with Gasteiger partial charge in [-0.2, -0.15) is 0 Å². The van der Waals surface area contributed by atoms with Crippen molar-refractivity contribution in [3.05, 3.63) is 24.8 Å². The zero-order valence-electron chi connectivity index (χ0n) is 8.55. The lowest BCUT2D eigenvalue weighted by Crippen LogP contribution is -2.01. The first kappa shape index (κ1) is 11.5. The summed E-state index contributed by atoms with van der Waals surface area (Å²) in [4.78, 5) is 0. The molecule has 0 atom stereocenters. The van der Waals surface area contributed by atoms with Crippen LogP contribution in [0.25, 0.3) is 0 Å². The Morgan fingerprint density at radius 3 is 2.00 bits per heavy atom. The molecule has 0 unspecified atom stereocenters. The van der Waals surface area contributed by atoms with Crippen LogP contribution in [0.4, 0.5) is 0 Å². The molecule has 0 aliphatic heterocycles. The second-order valence-corrected chi connectivity index (χ2v) is 3.33. The third kappa shape index (κ3) is 6.21. The van der Waals surface area contributed by atoms with Crippen molar-refractivity contribution in [1.29, 1.82) is 0 Å². The lowest BCUT2D eigenvalue weighted by molar-refractivity contribution is 0.419. The van der Waals surface area contributed by atoms with Gasteiger partial charge in [0.2, 0.25) is 0 Å². The first-order valence-corrected chi connectivity index (χ1v) is 5.05. The van der Waals surface area contributed by atoms with Gasteiger partial charge in [0.15, 0.2) is 0 Å². The van der Waals surface area contributed by atoms with Crippen molar-refractivity contribution >= 4 is 0 Å². The Morgan fingerprint density at radius 1 is 1.08 bits per heavy atom. The van der Waals surface area contributed by atoms with E-state index in [4.69, 9.17) is 0 Å². The van der Waals surface area contributed by atoms with Gasteiger partial charge in [0.05, 0.1) is 0 Å². The number of hydrogen-bond donors (Lipinski definition) is 0. The molecule has 0 saturated heterocycles. The Balaban J connectivity index is 0.000000354. The van der Waals surface area contributed by atoms with E-state index in [0.29, 0.717) is 0 Å². The van der Waals surface area contributed by atoms with E-state index in [1.54, 1.807) is 6.08 Å². The maximum absolute atomic E-state index is 3.36. The normalized spacial score (nSPS) is 18.5. The van der Waals surface area contributed by atoms with E-state index in [1.165, 1.54) is 32.1 Å². The summed E-state index contributed by atoms with van der Waals surface area (Å²) in [5.74, 6) is 0.920. The maximum Gasteiger partial charge on any atom is -0.0234 e. The van der Waals surface area contributed by atoms with E-state index in [1.807, 2.05) is 6.92 Å². The highest BCUT2D eigenvalue weighted by molar-refractivity contribution is 4.86. The molecule has 12 heavy (non-hydrogen) atoms. The Labute approximate surface area is 77.4 Å². The number of allylic oxidation sites excluding steroid dienone is 3. The molecule has 0 spiro atoms. The molecule has 1 aliphatic rings. The van der Waals surface area contributed by atoms with Crippen molar-refractivity contribution in [2.24, 2.45) is 5.92 Å². The molecule has 0 heterocycles. The summed E-state index contributed by atoms with van der Waals surface area (Å²) >= 11 is 0. The predicted octanol–water partition coefficient (Wildman–Crippen LogP) is 4.34. The quantitative estimate of drug-likeness (QED) is 0.508. The summed E-state index contributed by atoms with van der Waals surface area (Å²) in [6.45, 7) is 7.37. The Kier molecular flexibility index (Phi) is 8.20. The first-order chi connectivity index (χ1) is 5.85. The second kappa shape index (κ2) is 8.58. The van der Waals surface area contributed by atoms with Crippen molar-refractivity contribution in [2.75, 3.05) is 0 Å². The third-order valence-corrected chi connectivity index (χ3v) is 2.11. The highest BCUT2D eigenvalue weighted by Gasteiger charge is 2.08. The monoisotopic (exact) mass is 166 g/mol. The number of hydrogen-bond acceptors (Lipinski definition) is 0. The Bertz CT molecular complexity index is 116. The molecule has 0 heteroatoms. The van der Waals surface area contributed by atoms with Crippen molar-refractivity contribution in [3.8, 4) is 0 Å². The molecule has 0 amide bonds. The average molecular weight is 166 g/mol. The van der Waals surface area contributed by atoms with Crippen LogP contribution >= 0.6 is 0 Å². The molecule has 1 saturated carbocycles. The van der Waals surface area contributed by atoms with E-state index >= 15 is 0 Å². The van der Waals surface area contributed by atoms with Crippen molar-refractivity contribution in [3.63, 3.8) is 0 Å². The minimum Gasteiger partial charge on any atom is -0.103 e. The topological polar surface area (TPSA) is 0 Å². The van der Waals surface area contributed by atoms with Gasteiger partial charge in [-0.3, -0.25) is 0 Å². The zero-order valence-corrected chi connectivity index (χ0v) is 8.55. The lowest BCUT2D eigenvalue weighted by atomic mass is 9.89. The van der Waals surface area contributed by atoms with E-state index < -0.39 is 0 Å². The van der Waals surface area contributed by atoms with E-state index in [-0.39, 0.29) is 0 Å². The van der Waals surface area contributed by atoms with E-state index in [2.05, 4.69) is 25.7 Å². The van der Waals surface area contributed by atoms with Crippen LogP contribution in [0.5, 0.6) is 0 Å². The van der Waals surface area contributed by atoms with E-state index in [9.17, 15) is 0 Å². The molecule has 0 N–H and O–H groups in total. The fraction of sp³-hybridized carbons (Fsp3) is 0.667. The molecule has 1 fully saturated rings. The molecule has 0 bridgehead atoms. The van der Waals surface area contributed by atoms with Gasteiger partial charge in [-0.05, 0) is 32.6 Å². The molecule has 0 radical (unpaired) electrons. The van der Waals surface area contributed by atoms with Gasteiger partial charge in [-0.25, -0.2) is 0 Å². The van der Waals surface area contributed by atoms with Gasteiger partial charge >= 0.3 is 0 Å². The summed E-state index contributed by atoms with van der Waals surface area (Å²) < 4.78 is 0. The lowest BCUT2D eigenvalue weighted by Gasteiger charge is -2.17. The molecule has 70 valence electrons. The van der Waals surface area contributed by atoms with Gasteiger partial charge < -0.3 is 0 Å². The largest absolute Gasteiger partial charge is 0.103 e. The fourth-order valence-corrected chi connectivity index (χ4v) is 1.60. The van der Waals surface area contributed by atoms with Crippen LogP contribution in [-0.2, 0) is 0 Å². The molecule has 0 aromatic heterocycles. The minimum absolute atomic E-state index is 0.920. The summed E-state index contributed by atoms with van der Waals surface area (Å²) in [6.07, 6.45) is 13.5.